The molecule has 0 amide bonds. The molecule has 0 saturated carbocycles. The SMILES string of the molecule is O=c1ccn(-c2ccccc2-c2ccc(F)c(F)c2)c2ccccc12. The fourth-order valence-corrected chi connectivity index (χ4v) is 3.01. The van der Waals surface area contributed by atoms with Gasteiger partial charge in [0.05, 0.1) is 11.2 Å². The van der Waals surface area contributed by atoms with Crippen LogP contribution in [0.15, 0.2) is 83.8 Å². The molecule has 0 spiro atoms. The molecule has 0 N–H and O–H groups in total. The van der Waals surface area contributed by atoms with Crippen molar-refractivity contribution in [3.63, 3.8) is 0 Å². The summed E-state index contributed by atoms with van der Waals surface area (Å²) < 4.78 is 28.8. The summed E-state index contributed by atoms with van der Waals surface area (Å²) in [5.74, 6) is -1.77. The Kier molecular flexibility index (Phi) is 3.65. The fourth-order valence-electron chi connectivity index (χ4n) is 3.01. The molecule has 0 atom stereocenters. The lowest BCUT2D eigenvalue weighted by Gasteiger charge is -2.15. The second-order valence-electron chi connectivity index (χ2n) is 5.71. The second-order valence-corrected chi connectivity index (χ2v) is 5.71. The van der Waals surface area contributed by atoms with E-state index in [1.165, 1.54) is 12.1 Å². The van der Waals surface area contributed by atoms with E-state index in [0.29, 0.717) is 10.9 Å². The zero-order valence-corrected chi connectivity index (χ0v) is 13.1. The van der Waals surface area contributed by atoms with E-state index in [9.17, 15) is 13.6 Å². The van der Waals surface area contributed by atoms with Crippen molar-refractivity contribution in [2.24, 2.45) is 0 Å². The fraction of sp³-hybridized carbons (Fsp3) is 0. The van der Waals surface area contributed by atoms with Crippen LogP contribution in [0.3, 0.4) is 0 Å². The minimum absolute atomic E-state index is 0.0582. The minimum Gasteiger partial charge on any atom is -0.316 e. The van der Waals surface area contributed by atoms with Gasteiger partial charge in [-0.3, -0.25) is 4.79 Å². The van der Waals surface area contributed by atoms with Crippen molar-refractivity contribution in [1.82, 2.24) is 4.57 Å². The maximum Gasteiger partial charge on any atom is 0.189 e. The highest BCUT2D eigenvalue weighted by Gasteiger charge is 2.11. The van der Waals surface area contributed by atoms with Gasteiger partial charge < -0.3 is 4.57 Å². The lowest BCUT2D eigenvalue weighted by atomic mass is 10.0. The van der Waals surface area contributed by atoms with E-state index in [0.717, 1.165) is 22.8 Å². The summed E-state index contributed by atoms with van der Waals surface area (Å²) in [5, 5.41) is 0.602. The Morgan fingerprint density at radius 2 is 1.52 bits per heavy atom. The third kappa shape index (κ3) is 2.62. The van der Waals surface area contributed by atoms with Crippen molar-refractivity contribution in [2.75, 3.05) is 0 Å². The molecule has 0 saturated heterocycles. The number of hydrogen-bond donors (Lipinski definition) is 0. The van der Waals surface area contributed by atoms with Crippen LogP contribution in [0.5, 0.6) is 0 Å². The van der Waals surface area contributed by atoms with E-state index in [-0.39, 0.29) is 5.43 Å². The zero-order chi connectivity index (χ0) is 17.4. The highest BCUT2D eigenvalue weighted by molar-refractivity contribution is 5.83. The molecule has 4 aromatic rings. The van der Waals surface area contributed by atoms with Gasteiger partial charge in [0.15, 0.2) is 17.1 Å². The first kappa shape index (κ1) is 15.3. The molecule has 4 heteroatoms. The lowest BCUT2D eigenvalue weighted by molar-refractivity contribution is 0.509. The van der Waals surface area contributed by atoms with Gasteiger partial charge in [0.2, 0.25) is 0 Å². The number of hydrogen-bond acceptors (Lipinski definition) is 1. The van der Waals surface area contributed by atoms with Gasteiger partial charge >= 0.3 is 0 Å². The first-order valence-electron chi connectivity index (χ1n) is 7.80. The summed E-state index contributed by atoms with van der Waals surface area (Å²) in [4.78, 5) is 12.1. The van der Waals surface area contributed by atoms with Crippen LogP contribution in [-0.2, 0) is 0 Å². The van der Waals surface area contributed by atoms with Crippen molar-refractivity contribution in [3.8, 4) is 16.8 Å². The summed E-state index contributed by atoms with van der Waals surface area (Å²) in [6.07, 6.45) is 1.70. The number of aromatic nitrogens is 1. The Hall–Kier alpha value is -3.27. The third-order valence-corrected chi connectivity index (χ3v) is 4.20. The molecule has 25 heavy (non-hydrogen) atoms. The van der Waals surface area contributed by atoms with E-state index >= 15 is 0 Å². The van der Waals surface area contributed by atoms with E-state index < -0.39 is 11.6 Å². The Balaban J connectivity index is 2.01. The Bertz CT molecular complexity index is 1150. The number of fused-ring (bicyclic) bond motifs is 1. The number of para-hydroxylation sites is 2. The highest BCUT2D eigenvalue weighted by Crippen LogP contribution is 2.29. The van der Waals surface area contributed by atoms with Gasteiger partial charge in [-0.25, -0.2) is 8.78 Å². The van der Waals surface area contributed by atoms with Gasteiger partial charge in [0.1, 0.15) is 0 Å². The van der Waals surface area contributed by atoms with Gasteiger partial charge in [-0.1, -0.05) is 36.4 Å². The summed E-state index contributed by atoms with van der Waals surface area (Å²) in [6, 6.07) is 20.1. The molecule has 0 fully saturated rings. The predicted molar refractivity (Wildman–Crippen MR) is 94.9 cm³/mol. The van der Waals surface area contributed by atoms with Crippen LogP contribution in [0.4, 0.5) is 8.78 Å². The molecule has 1 heterocycles. The van der Waals surface area contributed by atoms with Gasteiger partial charge in [-0.05, 0) is 35.9 Å². The quantitative estimate of drug-likeness (QED) is 0.509. The second kappa shape index (κ2) is 5.98. The van der Waals surface area contributed by atoms with Crippen LogP contribution in [-0.4, -0.2) is 4.57 Å². The van der Waals surface area contributed by atoms with Gasteiger partial charge in [-0.2, -0.15) is 0 Å². The third-order valence-electron chi connectivity index (χ3n) is 4.20. The van der Waals surface area contributed by atoms with Crippen LogP contribution < -0.4 is 5.43 Å². The smallest absolute Gasteiger partial charge is 0.189 e. The van der Waals surface area contributed by atoms with Crippen LogP contribution in [0.25, 0.3) is 27.7 Å². The highest BCUT2D eigenvalue weighted by atomic mass is 19.2. The number of pyridine rings is 1. The molecular weight excluding hydrogens is 320 g/mol. The summed E-state index contributed by atoms with van der Waals surface area (Å²) >= 11 is 0. The Morgan fingerprint density at radius 3 is 2.36 bits per heavy atom. The largest absolute Gasteiger partial charge is 0.316 e. The maximum atomic E-state index is 13.7. The summed E-state index contributed by atoms with van der Waals surface area (Å²) in [7, 11) is 0. The number of nitrogens with zero attached hydrogens (tertiary/aromatic N) is 1. The molecule has 0 aliphatic carbocycles. The van der Waals surface area contributed by atoms with Gasteiger partial charge in [-0.15, -0.1) is 0 Å². The van der Waals surface area contributed by atoms with Gasteiger partial charge in [0, 0.05) is 23.2 Å². The number of halogens is 2. The molecule has 0 aliphatic rings. The molecule has 1 aromatic heterocycles. The van der Waals surface area contributed by atoms with Crippen LogP contribution in [0.2, 0.25) is 0 Å². The lowest BCUT2D eigenvalue weighted by Crippen LogP contribution is -2.07. The first-order valence-corrected chi connectivity index (χ1v) is 7.80. The topological polar surface area (TPSA) is 22.0 Å². The first-order chi connectivity index (χ1) is 12.1. The molecule has 0 radical (unpaired) electrons. The van der Waals surface area contributed by atoms with Crippen molar-refractivity contribution in [2.45, 2.75) is 0 Å². The summed E-state index contributed by atoms with van der Waals surface area (Å²) in [6.45, 7) is 0. The average Bonchev–Trinajstić information content (AvgIpc) is 2.65. The monoisotopic (exact) mass is 333 g/mol. The van der Waals surface area contributed by atoms with Crippen molar-refractivity contribution < 1.29 is 8.78 Å². The van der Waals surface area contributed by atoms with Crippen molar-refractivity contribution in [1.29, 1.82) is 0 Å². The van der Waals surface area contributed by atoms with E-state index in [1.807, 2.05) is 47.0 Å². The standard InChI is InChI=1S/C21H13F2NO/c22-17-10-9-14(13-18(17)23)15-5-1-3-7-19(15)24-12-11-21(25)16-6-2-4-8-20(16)24/h1-13H. The van der Waals surface area contributed by atoms with E-state index in [1.54, 1.807) is 18.3 Å². The normalized spacial score (nSPS) is 11.0. The molecule has 3 aromatic carbocycles. The van der Waals surface area contributed by atoms with E-state index in [2.05, 4.69) is 0 Å². The predicted octanol–water partition coefficient (Wildman–Crippen LogP) is 4.94. The maximum absolute atomic E-state index is 13.7. The molecular formula is C21H13F2NO. The van der Waals surface area contributed by atoms with Crippen molar-refractivity contribution >= 4 is 10.9 Å². The summed E-state index contributed by atoms with van der Waals surface area (Å²) in [5.41, 5.74) is 2.79. The van der Waals surface area contributed by atoms with Crippen LogP contribution in [0, 0.1) is 11.6 Å². The molecule has 122 valence electrons. The van der Waals surface area contributed by atoms with E-state index in [4.69, 9.17) is 0 Å². The van der Waals surface area contributed by atoms with Crippen molar-refractivity contribution in [3.05, 3.63) is 101 Å². The Morgan fingerprint density at radius 1 is 0.760 bits per heavy atom. The number of benzene rings is 3. The zero-order valence-electron chi connectivity index (χ0n) is 13.1. The molecule has 0 aliphatic heterocycles. The molecule has 4 rings (SSSR count). The Labute approximate surface area is 142 Å². The average molecular weight is 333 g/mol. The van der Waals surface area contributed by atoms with Gasteiger partial charge in [0.25, 0.3) is 0 Å². The number of rotatable bonds is 2. The minimum atomic E-state index is -0.892. The van der Waals surface area contributed by atoms with Crippen LogP contribution >= 0.6 is 0 Å². The molecule has 0 unspecified atom stereocenters. The molecule has 0 bridgehead atoms. The van der Waals surface area contributed by atoms with Crippen LogP contribution in [0.1, 0.15) is 0 Å². The molecule has 2 nitrogen and oxygen atoms in total.